The fraction of sp³-hybridized carbons (Fsp3) is 0.818. The summed E-state index contributed by atoms with van der Waals surface area (Å²) in [6, 6.07) is 0.885. The molecular formula is C11H19N. The number of piperidine rings is 1. The van der Waals surface area contributed by atoms with Gasteiger partial charge in [-0.2, -0.15) is 0 Å². The quantitative estimate of drug-likeness (QED) is 0.499. The van der Waals surface area contributed by atoms with Crippen LogP contribution >= 0.6 is 0 Å². The van der Waals surface area contributed by atoms with Gasteiger partial charge in [-0.3, -0.25) is 0 Å². The second-order valence-electron chi connectivity index (χ2n) is 4.03. The number of rotatable bonds is 0. The molecule has 68 valence electrons. The largest absolute Gasteiger partial charge is 0.300 e. The lowest BCUT2D eigenvalue weighted by Gasteiger charge is -2.36. The molecule has 12 heavy (non-hydrogen) atoms. The van der Waals surface area contributed by atoms with Crippen LogP contribution < -0.4 is 0 Å². The van der Waals surface area contributed by atoms with E-state index in [1.54, 1.807) is 0 Å². The van der Waals surface area contributed by atoms with Crippen molar-refractivity contribution in [3.8, 4) is 0 Å². The van der Waals surface area contributed by atoms with E-state index in [-0.39, 0.29) is 0 Å². The van der Waals surface area contributed by atoms with Gasteiger partial charge in [0.2, 0.25) is 0 Å². The highest BCUT2D eigenvalue weighted by Crippen LogP contribution is 2.21. The van der Waals surface area contributed by atoms with Crippen LogP contribution in [0.15, 0.2) is 12.2 Å². The van der Waals surface area contributed by atoms with Crippen LogP contribution in [0.1, 0.15) is 38.5 Å². The molecule has 1 saturated heterocycles. The Balaban J connectivity index is 1.97. The van der Waals surface area contributed by atoms with Crippen LogP contribution in [0.5, 0.6) is 0 Å². The van der Waals surface area contributed by atoms with E-state index in [0.717, 1.165) is 6.04 Å². The number of nitrogens with zero attached hydrogens (tertiary/aromatic N) is 1. The third-order valence-electron chi connectivity index (χ3n) is 3.14. The van der Waals surface area contributed by atoms with Crippen molar-refractivity contribution in [1.82, 2.24) is 4.90 Å². The van der Waals surface area contributed by atoms with Gasteiger partial charge in [0.25, 0.3) is 0 Å². The van der Waals surface area contributed by atoms with Crippen LogP contribution in [0.2, 0.25) is 0 Å². The molecule has 2 aliphatic heterocycles. The van der Waals surface area contributed by atoms with Crippen LogP contribution in [-0.2, 0) is 0 Å². The summed E-state index contributed by atoms with van der Waals surface area (Å²) < 4.78 is 0. The zero-order valence-corrected chi connectivity index (χ0v) is 7.84. The van der Waals surface area contributed by atoms with E-state index in [4.69, 9.17) is 0 Å². The Labute approximate surface area is 75.4 Å². The molecule has 2 rings (SSSR count). The smallest absolute Gasteiger partial charge is 0.0130 e. The fourth-order valence-electron chi connectivity index (χ4n) is 2.40. The molecule has 0 saturated carbocycles. The number of allylic oxidation sites excluding steroid dienone is 1. The minimum atomic E-state index is 0.885. The molecule has 1 heteroatoms. The number of hydrogen-bond acceptors (Lipinski definition) is 1. The van der Waals surface area contributed by atoms with Gasteiger partial charge < -0.3 is 4.90 Å². The predicted molar refractivity (Wildman–Crippen MR) is 52.2 cm³/mol. The van der Waals surface area contributed by atoms with E-state index in [0.29, 0.717) is 0 Å². The Kier molecular flexibility index (Phi) is 2.83. The molecule has 0 N–H and O–H groups in total. The first kappa shape index (κ1) is 8.31. The zero-order valence-electron chi connectivity index (χ0n) is 7.84. The summed E-state index contributed by atoms with van der Waals surface area (Å²) in [5.41, 5.74) is 0. The van der Waals surface area contributed by atoms with Crippen LogP contribution in [-0.4, -0.2) is 24.0 Å². The van der Waals surface area contributed by atoms with E-state index in [1.807, 2.05) is 0 Å². The highest BCUT2D eigenvalue weighted by Gasteiger charge is 2.20. The molecule has 0 radical (unpaired) electrons. The van der Waals surface area contributed by atoms with Crippen molar-refractivity contribution in [3.63, 3.8) is 0 Å². The predicted octanol–water partition coefficient (Wildman–Crippen LogP) is 2.58. The molecule has 0 bridgehead atoms. The van der Waals surface area contributed by atoms with E-state index in [9.17, 15) is 0 Å². The summed E-state index contributed by atoms with van der Waals surface area (Å²) in [4.78, 5) is 2.70. The third kappa shape index (κ3) is 1.89. The van der Waals surface area contributed by atoms with Crippen LogP contribution in [0, 0.1) is 0 Å². The van der Waals surface area contributed by atoms with Crippen molar-refractivity contribution < 1.29 is 0 Å². The van der Waals surface area contributed by atoms with Gasteiger partial charge in [0, 0.05) is 6.04 Å². The van der Waals surface area contributed by atoms with E-state index in [1.165, 1.54) is 51.6 Å². The van der Waals surface area contributed by atoms with Gasteiger partial charge in [-0.25, -0.2) is 0 Å². The molecule has 2 aliphatic rings. The normalized spacial score (nSPS) is 34.8. The Morgan fingerprint density at radius 1 is 1.00 bits per heavy atom. The second-order valence-corrected chi connectivity index (χ2v) is 4.03. The standard InChI is InChI=1S/C11H19N/c1-2-5-9-12-10-6-4-8-11(12)7-3-1/h1,3,11H,2,4-10H2/b3-1-/t11-/m1/s1. The van der Waals surface area contributed by atoms with Gasteiger partial charge in [-0.15, -0.1) is 0 Å². The summed E-state index contributed by atoms with van der Waals surface area (Å²) in [7, 11) is 0. The Morgan fingerprint density at radius 3 is 2.92 bits per heavy atom. The summed E-state index contributed by atoms with van der Waals surface area (Å²) in [5.74, 6) is 0. The highest BCUT2D eigenvalue weighted by atomic mass is 15.2. The minimum Gasteiger partial charge on any atom is -0.300 e. The van der Waals surface area contributed by atoms with Crippen molar-refractivity contribution in [1.29, 1.82) is 0 Å². The lowest BCUT2D eigenvalue weighted by Crippen LogP contribution is -2.40. The first-order valence-corrected chi connectivity index (χ1v) is 5.36. The van der Waals surface area contributed by atoms with Gasteiger partial charge in [0.1, 0.15) is 0 Å². The molecule has 1 nitrogen and oxygen atoms in total. The van der Waals surface area contributed by atoms with Crippen LogP contribution in [0.25, 0.3) is 0 Å². The van der Waals surface area contributed by atoms with E-state index in [2.05, 4.69) is 17.1 Å². The van der Waals surface area contributed by atoms with Gasteiger partial charge in [-0.1, -0.05) is 18.6 Å². The summed E-state index contributed by atoms with van der Waals surface area (Å²) >= 11 is 0. The molecule has 1 fully saturated rings. The van der Waals surface area contributed by atoms with Crippen LogP contribution in [0.4, 0.5) is 0 Å². The maximum Gasteiger partial charge on any atom is 0.0130 e. The molecule has 0 amide bonds. The first-order chi connectivity index (χ1) is 5.97. The average molecular weight is 165 g/mol. The molecule has 1 atom stereocenters. The van der Waals surface area contributed by atoms with Crippen LogP contribution in [0.3, 0.4) is 0 Å². The zero-order chi connectivity index (χ0) is 8.23. The van der Waals surface area contributed by atoms with E-state index >= 15 is 0 Å². The number of hydrogen-bond donors (Lipinski definition) is 0. The molecule has 0 spiro atoms. The van der Waals surface area contributed by atoms with Crippen molar-refractivity contribution in [2.24, 2.45) is 0 Å². The van der Waals surface area contributed by atoms with Gasteiger partial charge in [0.05, 0.1) is 0 Å². The summed E-state index contributed by atoms with van der Waals surface area (Å²) in [6.07, 6.45) is 13.0. The fourth-order valence-corrected chi connectivity index (χ4v) is 2.40. The topological polar surface area (TPSA) is 3.24 Å². The van der Waals surface area contributed by atoms with Crippen molar-refractivity contribution in [3.05, 3.63) is 12.2 Å². The third-order valence-corrected chi connectivity index (χ3v) is 3.14. The van der Waals surface area contributed by atoms with Gasteiger partial charge in [-0.05, 0) is 45.2 Å². The molecule has 2 heterocycles. The van der Waals surface area contributed by atoms with Crippen molar-refractivity contribution in [2.75, 3.05) is 13.1 Å². The maximum absolute atomic E-state index is 2.70. The van der Waals surface area contributed by atoms with Crippen molar-refractivity contribution in [2.45, 2.75) is 44.6 Å². The molecular weight excluding hydrogens is 146 g/mol. The number of fused-ring (bicyclic) bond motifs is 1. The minimum absolute atomic E-state index is 0.885. The van der Waals surface area contributed by atoms with Gasteiger partial charge in [0.15, 0.2) is 0 Å². The SMILES string of the molecule is C1=C\C[C@@H]2CCCCN2CCC/1. The monoisotopic (exact) mass is 165 g/mol. The van der Waals surface area contributed by atoms with Crippen molar-refractivity contribution >= 4 is 0 Å². The molecule has 0 aliphatic carbocycles. The lowest BCUT2D eigenvalue weighted by molar-refractivity contribution is 0.146. The van der Waals surface area contributed by atoms with Gasteiger partial charge >= 0.3 is 0 Å². The summed E-state index contributed by atoms with van der Waals surface area (Å²) in [6.45, 7) is 2.70. The molecule has 0 aromatic heterocycles. The summed E-state index contributed by atoms with van der Waals surface area (Å²) in [5, 5.41) is 0. The second kappa shape index (κ2) is 4.08. The highest BCUT2D eigenvalue weighted by molar-refractivity contribution is 4.91. The molecule has 0 aromatic carbocycles. The Bertz CT molecular complexity index is 162. The van der Waals surface area contributed by atoms with E-state index < -0.39 is 0 Å². The molecule has 0 aromatic rings. The molecule has 0 unspecified atom stereocenters. The maximum atomic E-state index is 2.70. The average Bonchev–Trinajstić information content (AvgIpc) is 2.06. The lowest BCUT2D eigenvalue weighted by atomic mass is 9.97. The Morgan fingerprint density at radius 2 is 1.92 bits per heavy atom. The Hall–Kier alpha value is -0.300. The first-order valence-electron chi connectivity index (χ1n) is 5.36.